The van der Waals surface area contributed by atoms with Gasteiger partial charge < -0.3 is 16.2 Å². The maximum Gasteiger partial charge on any atom is 0.411 e. The number of nitrogens with zero attached hydrogens (tertiary/aromatic N) is 4. The van der Waals surface area contributed by atoms with Gasteiger partial charge in [-0.2, -0.15) is 0 Å². The van der Waals surface area contributed by atoms with Crippen LogP contribution in [-0.2, 0) is 0 Å². The first-order valence-corrected chi connectivity index (χ1v) is 9.57. The Hall–Kier alpha value is -4.40. The molecular weight excluding hydrogens is 396 g/mol. The lowest BCUT2D eigenvalue weighted by Crippen LogP contribution is -2.33. The maximum atomic E-state index is 11.6. The van der Waals surface area contributed by atoms with Crippen molar-refractivity contribution in [1.29, 1.82) is 0 Å². The van der Waals surface area contributed by atoms with Crippen LogP contribution in [0.5, 0.6) is 0 Å². The van der Waals surface area contributed by atoms with Crippen molar-refractivity contribution in [3.05, 3.63) is 78.5 Å². The zero-order chi connectivity index (χ0) is 21.8. The van der Waals surface area contributed by atoms with Crippen LogP contribution < -0.4 is 16.0 Å². The molecule has 9 heteroatoms. The second kappa shape index (κ2) is 8.54. The highest BCUT2D eigenvalue weighted by Crippen LogP contribution is 2.21. The van der Waals surface area contributed by atoms with Gasteiger partial charge >= 0.3 is 6.09 Å². The number of hydrogen-bond donors (Lipinski definition) is 3. The Labute approximate surface area is 177 Å². The molecule has 0 radical (unpaired) electrons. The molecule has 31 heavy (non-hydrogen) atoms. The average Bonchev–Trinajstić information content (AvgIpc) is 3.20. The minimum Gasteiger partial charge on any atom is -0.465 e. The summed E-state index contributed by atoms with van der Waals surface area (Å²) in [7, 11) is 0. The molecule has 2 aromatic carbocycles. The van der Waals surface area contributed by atoms with E-state index in [4.69, 9.17) is 5.73 Å². The number of benzene rings is 2. The number of hydrogen-bond acceptors (Lipinski definition) is 5. The molecule has 0 atom stereocenters. The van der Waals surface area contributed by atoms with Gasteiger partial charge in [0, 0.05) is 29.9 Å². The van der Waals surface area contributed by atoms with E-state index in [1.165, 1.54) is 4.90 Å². The lowest BCUT2D eigenvalue weighted by molar-refractivity contribution is 0.1000. The van der Waals surface area contributed by atoms with Crippen molar-refractivity contribution in [2.75, 3.05) is 23.3 Å². The third kappa shape index (κ3) is 4.30. The summed E-state index contributed by atoms with van der Waals surface area (Å²) in [4.78, 5) is 28.5. The molecule has 2 amide bonds. The summed E-state index contributed by atoms with van der Waals surface area (Å²) in [5.41, 5.74) is 8.59. The SMILES string of the molecule is NC(=O)c1ccc(-c2cnc3ccc(NCCN(C(=O)O)c4ccccc4)nn23)cc1. The number of anilines is 2. The number of carbonyl (C=O) groups is 2. The van der Waals surface area contributed by atoms with Gasteiger partial charge in [-0.3, -0.25) is 9.69 Å². The van der Waals surface area contributed by atoms with Crippen LogP contribution >= 0.6 is 0 Å². The van der Waals surface area contributed by atoms with E-state index < -0.39 is 12.0 Å². The van der Waals surface area contributed by atoms with Gasteiger partial charge in [-0.15, -0.1) is 5.10 Å². The van der Waals surface area contributed by atoms with E-state index in [1.54, 1.807) is 65.3 Å². The average molecular weight is 416 g/mol. The predicted octanol–water partition coefficient (Wildman–Crippen LogP) is 3.09. The zero-order valence-corrected chi connectivity index (χ0v) is 16.5. The molecule has 0 unspecified atom stereocenters. The molecule has 0 saturated carbocycles. The number of primary amides is 1. The van der Waals surface area contributed by atoms with E-state index in [1.807, 2.05) is 12.1 Å². The number of aromatic nitrogens is 3. The van der Waals surface area contributed by atoms with Crippen molar-refractivity contribution in [2.24, 2.45) is 5.73 Å². The number of carboxylic acid groups (broad SMARTS) is 1. The minimum absolute atomic E-state index is 0.254. The lowest BCUT2D eigenvalue weighted by Gasteiger charge is -2.19. The number of nitrogens with one attached hydrogen (secondary N) is 1. The third-order valence-corrected chi connectivity index (χ3v) is 4.77. The molecule has 0 saturated heterocycles. The highest BCUT2D eigenvalue weighted by Gasteiger charge is 2.14. The molecule has 156 valence electrons. The molecule has 0 aliphatic rings. The van der Waals surface area contributed by atoms with Gasteiger partial charge in [-0.05, 0) is 36.4 Å². The van der Waals surface area contributed by atoms with Crippen molar-refractivity contribution in [2.45, 2.75) is 0 Å². The molecule has 0 aliphatic carbocycles. The highest BCUT2D eigenvalue weighted by atomic mass is 16.4. The summed E-state index contributed by atoms with van der Waals surface area (Å²) in [5, 5.41) is 17.2. The van der Waals surface area contributed by atoms with Crippen LogP contribution in [0.2, 0.25) is 0 Å². The molecule has 4 rings (SSSR count). The summed E-state index contributed by atoms with van der Waals surface area (Å²) >= 11 is 0. The minimum atomic E-state index is -1.02. The van der Waals surface area contributed by atoms with Gasteiger partial charge in [-0.25, -0.2) is 14.3 Å². The number of amides is 2. The fourth-order valence-corrected chi connectivity index (χ4v) is 3.21. The largest absolute Gasteiger partial charge is 0.465 e. The first-order chi connectivity index (χ1) is 15.0. The molecule has 9 nitrogen and oxygen atoms in total. The van der Waals surface area contributed by atoms with E-state index in [9.17, 15) is 14.7 Å². The predicted molar refractivity (Wildman–Crippen MR) is 117 cm³/mol. The molecule has 0 spiro atoms. The maximum absolute atomic E-state index is 11.6. The second-order valence-electron chi connectivity index (χ2n) is 6.77. The Bertz CT molecular complexity index is 1220. The Morgan fingerprint density at radius 1 is 1.03 bits per heavy atom. The van der Waals surface area contributed by atoms with Gasteiger partial charge in [0.1, 0.15) is 5.82 Å². The van der Waals surface area contributed by atoms with E-state index in [0.29, 0.717) is 29.3 Å². The topological polar surface area (TPSA) is 126 Å². The van der Waals surface area contributed by atoms with Crippen LogP contribution in [0.25, 0.3) is 16.9 Å². The third-order valence-electron chi connectivity index (χ3n) is 4.77. The Morgan fingerprint density at radius 3 is 2.45 bits per heavy atom. The van der Waals surface area contributed by atoms with E-state index in [-0.39, 0.29) is 6.54 Å². The van der Waals surface area contributed by atoms with Gasteiger partial charge in [0.05, 0.1) is 11.9 Å². The molecule has 2 aromatic heterocycles. The Kier molecular flexibility index (Phi) is 5.48. The van der Waals surface area contributed by atoms with Gasteiger partial charge in [0.15, 0.2) is 5.65 Å². The molecule has 4 N–H and O–H groups in total. The Balaban J connectivity index is 1.51. The molecule has 2 heterocycles. The van der Waals surface area contributed by atoms with Crippen LogP contribution in [0, 0.1) is 0 Å². The summed E-state index contributed by atoms with van der Waals surface area (Å²) in [5.74, 6) is 0.0964. The van der Waals surface area contributed by atoms with Crippen LogP contribution in [0.15, 0.2) is 72.9 Å². The fourth-order valence-electron chi connectivity index (χ4n) is 3.21. The van der Waals surface area contributed by atoms with Gasteiger partial charge in [0.2, 0.25) is 5.91 Å². The van der Waals surface area contributed by atoms with Crippen molar-refractivity contribution in [3.8, 4) is 11.3 Å². The number of rotatable bonds is 7. The van der Waals surface area contributed by atoms with E-state index in [2.05, 4.69) is 15.4 Å². The number of fused-ring (bicyclic) bond motifs is 1. The summed E-state index contributed by atoms with van der Waals surface area (Å²) in [6.45, 7) is 0.626. The van der Waals surface area contributed by atoms with Crippen LogP contribution in [0.3, 0.4) is 0 Å². The fraction of sp³-hybridized carbons (Fsp3) is 0.0909. The van der Waals surface area contributed by atoms with Crippen LogP contribution in [0.1, 0.15) is 10.4 Å². The number of nitrogens with two attached hydrogens (primary N) is 1. The Morgan fingerprint density at radius 2 is 1.77 bits per heavy atom. The van der Waals surface area contributed by atoms with Gasteiger partial charge in [-0.1, -0.05) is 30.3 Å². The van der Waals surface area contributed by atoms with Gasteiger partial charge in [0.25, 0.3) is 0 Å². The standard InChI is InChI=1S/C22H20N6O3/c23-21(29)16-8-6-15(7-9-16)18-14-25-20-11-10-19(26-28(18)20)24-12-13-27(22(30)31)17-4-2-1-3-5-17/h1-11,14H,12-13H2,(H2,23,29)(H,24,26)(H,30,31). The lowest BCUT2D eigenvalue weighted by atomic mass is 10.1. The number of imidazole rings is 1. The smallest absolute Gasteiger partial charge is 0.411 e. The zero-order valence-electron chi connectivity index (χ0n) is 16.5. The first kappa shape index (κ1) is 19.9. The van der Waals surface area contributed by atoms with E-state index >= 15 is 0 Å². The molecule has 0 aliphatic heterocycles. The summed E-state index contributed by atoms with van der Waals surface area (Å²) in [6.07, 6.45) is 0.681. The van der Waals surface area contributed by atoms with Crippen molar-refractivity contribution in [1.82, 2.24) is 14.6 Å². The quantitative estimate of drug-likeness (QED) is 0.425. The monoisotopic (exact) mass is 416 g/mol. The second-order valence-corrected chi connectivity index (χ2v) is 6.77. The number of para-hydroxylation sites is 1. The van der Waals surface area contributed by atoms with Crippen molar-refractivity contribution >= 4 is 29.2 Å². The van der Waals surface area contributed by atoms with E-state index in [0.717, 1.165) is 11.3 Å². The highest BCUT2D eigenvalue weighted by molar-refractivity contribution is 5.93. The summed E-state index contributed by atoms with van der Waals surface area (Å²) in [6, 6.07) is 19.4. The van der Waals surface area contributed by atoms with Crippen molar-refractivity contribution in [3.63, 3.8) is 0 Å². The first-order valence-electron chi connectivity index (χ1n) is 9.57. The number of carbonyl (C=O) groups excluding carboxylic acids is 1. The normalized spacial score (nSPS) is 10.7. The summed E-state index contributed by atoms with van der Waals surface area (Å²) < 4.78 is 1.69. The molecule has 0 bridgehead atoms. The van der Waals surface area contributed by atoms with Crippen LogP contribution in [0.4, 0.5) is 16.3 Å². The molecule has 0 fully saturated rings. The van der Waals surface area contributed by atoms with Crippen LogP contribution in [-0.4, -0.2) is 44.8 Å². The molecule has 4 aromatic rings. The molecular formula is C22H20N6O3. The van der Waals surface area contributed by atoms with Crippen molar-refractivity contribution < 1.29 is 14.7 Å².